The molecule has 0 aromatic rings. The van der Waals surface area contributed by atoms with Gasteiger partial charge in [-0.05, 0) is 31.9 Å². The number of nitrogens with one attached hydrogen (secondary N) is 1. The summed E-state index contributed by atoms with van der Waals surface area (Å²) in [5.74, 6) is 1.21. The zero-order valence-corrected chi connectivity index (χ0v) is 11.1. The van der Waals surface area contributed by atoms with Crippen LogP contribution in [0.2, 0.25) is 0 Å². The van der Waals surface area contributed by atoms with Gasteiger partial charge in [0.25, 0.3) is 0 Å². The van der Waals surface area contributed by atoms with Gasteiger partial charge in [-0.15, -0.1) is 0 Å². The SMILES string of the molecule is CCOCC(=O)N[C@@H]1CCC[C@@H](SCC)C1. The van der Waals surface area contributed by atoms with Gasteiger partial charge in [-0.1, -0.05) is 13.3 Å². The molecule has 0 unspecified atom stereocenters. The number of rotatable bonds is 6. The predicted octanol–water partition coefficient (Wildman–Crippen LogP) is 2.20. The van der Waals surface area contributed by atoms with Gasteiger partial charge in [0, 0.05) is 17.9 Å². The molecule has 1 amide bonds. The minimum Gasteiger partial charge on any atom is -0.372 e. The van der Waals surface area contributed by atoms with Gasteiger partial charge < -0.3 is 10.1 Å². The van der Waals surface area contributed by atoms with Gasteiger partial charge in [0.1, 0.15) is 6.61 Å². The van der Waals surface area contributed by atoms with Crippen LogP contribution < -0.4 is 5.32 Å². The van der Waals surface area contributed by atoms with E-state index in [2.05, 4.69) is 12.2 Å². The number of carbonyl (C=O) groups is 1. The Bertz CT molecular complexity index is 209. The molecule has 94 valence electrons. The minimum absolute atomic E-state index is 0.0361. The fraction of sp³-hybridized carbons (Fsp3) is 0.917. The Hall–Kier alpha value is -0.220. The standard InChI is InChI=1S/C12H23NO2S/c1-3-15-9-12(14)13-10-6-5-7-11(8-10)16-4-2/h10-11H,3-9H2,1-2H3,(H,13,14)/t10-,11-/m1/s1. The number of thioether (sulfide) groups is 1. The second-order valence-electron chi connectivity index (χ2n) is 4.15. The lowest BCUT2D eigenvalue weighted by Gasteiger charge is -2.29. The van der Waals surface area contributed by atoms with Gasteiger partial charge in [-0.25, -0.2) is 0 Å². The molecule has 0 heterocycles. The molecule has 0 aliphatic heterocycles. The van der Waals surface area contributed by atoms with Crippen LogP contribution in [0, 0.1) is 0 Å². The number of ether oxygens (including phenoxy) is 1. The summed E-state index contributed by atoms with van der Waals surface area (Å²) in [5.41, 5.74) is 0. The van der Waals surface area contributed by atoms with E-state index >= 15 is 0 Å². The molecule has 2 atom stereocenters. The van der Waals surface area contributed by atoms with E-state index in [9.17, 15) is 4.79 Å². The van der Waals surface area contributed by atoms with Crippen molar-refractivity contribution in [3.8, 4) is 0 Å². The average molecular weight is 245 g/mol. The van der Waals surface area contributed by atoms with Crippen molar-refractivity contribution in [2.24, 2.45) is 0 Å². The third-order valence-corrected chi connectivity index (χ3v) is 4.06. The summed E-state index contributed by atoms with van der Waals surface area (Å²) in [7, 11) is 0. The Kier molecular flexibility index (Phi) is 6.88. The first-order valence-electron chi connectivity index (χ1n) is 6.25. The number of carbonyl (C=O) groups excluding carboxylic acids is 1. The highest BCUT2D eigenvalue weighted by Gasteiger charge is 2.22. The van der Waals surface area contributed by atoms with E-state index < -0.39 is 0 Å². The predicted molar refractivity (Wildman–Crippen MR) is 68.8 cm³/mol. The maximum atomic E-state index is 11.5. The van der Waals surface area contributed by atoms with Crippen LogP contribution in [0.5, 0.6) is 0 Å². The van der Waals surface area contributed by atoms with E-state index in [1.807, 2.05) is 18.7 Å². The summed E-state index contributed by atoms with van der Waals surface area (Å²) in [4.78, 5) is 11.5. The smallest absolute Gasteiger partial charge is 0.246 e. The molecule has 1 N–H and O–H groups in total. The largest absolute Gasteiger partial charge is 0.372 e. The zero-order chi connectivity index (χ0) is 11.8. The first-order chi connectivity index (χ1) is 7.76. The van der Waals surface area contributed by atoms with Crippen molar-refractivity contribution in [1.29, 1.82) is 0 Å². The molecule has 0 aromatic carbocycles. The highest BCUT2D eigenvalue weighted by molar-refractivity contribution is 7.99. The second-order valence-corrected chi connectivity index (χ2v) is 5.72. The fourth-order valence-electron chi connectivity index (χ4n) is 2.13. The summed E-state index contributed by atoms with van der Waals surface area (Å²) in [5, 5.41) is 3.80. The van der Waals surface area contributed by atoms with Crippen molar-refractivity contribution in [3.05, 3.63) is 0 Å². The Morgan fingerprint density at radius 2 is 2.25 bits per heavy atom. The third-order valence-electron chi connectivity index (χ3n) is 2.83. The lowest BCUT2D eigenvalue weighted by atomic mass is 9.95. The van der Waals surface area contributed by atoms with E-state index in [4.69, 9.17) is 4.74 Å². The van der Waals surface area contributed by atoms with Crippen LogP contribution in [-0.2, 0) is 9.53 Å². The lowest BCUT2D eigenvalue weighted by Crippen LogP contribution is -2.40. The van der Waals surface area contributed by atoms with Gasteiger partial charge in [0.15, 0.2) is 0 Å². The molecule has 0 aromatic heterocycles. The van der Waals surface area contributed by atoms with Crippen molar-refractivity contribution in [2.45, 2.75) is 50.8 Å². The Morgan fingerprint density at radius 1 is 1.44 bits per heavy atom. The van der Waals surface area contributed by atoms with Crippen molar-refractivity contribution < 1.29 is 9.53 Å². The molecule has 1 aliphatic rings. The summed E-state index contributed by atoms with van der Waals surface area (Å²) in [6.07, 6.45) is 4.78. The molecule has 3 nitrogen and oxygen atoms in total. The van der Waals surface area contributed by atoms with E-state index in [0.717, 1.165) is 18.1 Å². The first-order valence-corrected chi connectivity index (χ1v) is 7.29. The van der Waals surface area contributed by atoms with Crippen LogP contribution in [0.1, 0.15) is 39.5 Å². The molecule has 4 heteroatoms. The van der Waals surface area contributed by atoms with E-state index in [1.165, 1.54) is 18.6 Å². The summed E-state index contributed by atoms with van der Waals surface area (Å²) in [6.45, 7) is 4.91. The molecule has 1 rings (SSSR count). The molecule has 0 bridgehead atoms. The van der Waals surface area contributed by atoms with Crippen LogP contribution in [0.25, 0.3) is 0 Å². The van der Waals surface area contributed by atoms with E-state index in [1.54, 1.807) is 0 Å². The van der Waals surface area contributed by atoms with Crippen molar-refractivity contribution >= 4 is 17.7 Å². The lowest BCUT2D eigenvalue weighted by molar-refractivity contribution is -0.126. The minimum atomic E-state index is 0.0361. The van der Waals surface area contributed by atoms with Crippen molar-refractivity contribution in [3.63, 3.8) is 0 Å². The summed E-state index contributed by atoms with van der Waals surface area (Å²) < 4.78 is 5.09. The molecular weight excluding hydrogens is 222 g/mol. The van der Waals surface area contributed by atoms with Gasteiger partial charge in [0.2, 0.25) is 5.91 Å². The maximum absolute atomic E-state index is 11.5. The van der Waals surface area contributed by atoms with Gasteiger partial charge in [0.05, 0.1) is 0 Å². The first kappa shape index (κ1) is 13.8. The fourth-order valence-corrected chi connectivity index (χ4v) is 3.30. The summed E-state index contributed by atoms with van der Waals surface area (Å²) >= 11 is 2.02. The topological polar surface area (TPSA) is 38.3 Å². The Labute approximate surface area is 103 Å². The normalized spacial score (nSPS) is 25.4. The van der Waals surface area contributed by atoms with Crippen LogP contribution in [0.3, 0.4) is 0 Å². The highest BCUT2D eigenvalue weighted by atomic mass is 32.2. The second kappa shape index (κ2) is 7.96. The quantitative estimate of drug-likeness (QED) is 0.779. The van der Waals surface area contributed by atoms with Gasteiger partial charge in [-0.3, -0.25) is 4.79 Å². The van der Waals surface area contributed by atoms with Gasteiger partial charge in [-0.2, -0.15) is 11.8 Å². The van der Waals surface area contributed by atoms with Gasteiger partial charge >= 0.3 is 0 Å². The zero-order valence-electron chi connectivity index (χ0n) is 10.3. The Balaban J connectivity index is 2.22. The molecular formula is C12H23NO2S. The monoisotopic (exact) mass is 245 g/mol. The number of amides is 1. The average Bonchev–Trinajstić information content (AvgIpc) is 2.27. The van der Waals surface area contributed by atoms with Crippen LogP contribution >= 0.6 is 11.8 Å². The molecule has 1 aliphatic carbocycles. The third kappa shape index (κ3) is 5.21. The van der Waals surface area contributed by atoms with E-state index in [-0.39, 0.29) is 12.5 Å². The Morgan fingerprint density at radius 3 is 2.94 bits per heavy atom. The van der Waals surface area contributed by atoms with Crippen LogP contribution in [0.15, 0.2) is 0 Å². The van der Waals surface area contributed by atoms with Crippen LogP contribution in [-0.4, -0.2) is 36.2 Å². The maximum Gasteiger partial charge on any atom is 0.246 e. The highest BCUT2D eigenvalue weighted by Crippen LogP contribution is 2.28. The van der Waals surface area contributed by atoms with Crippen LogP contribution in [0.4, 0.5) is 0 Å². The van der Waals surface area contributed by atoms with Crippen molar-refractivity contribution in [1.82, 2.24) is 5.32 Å². The van der Waals surface area contributed by atoms with E-state index in [0.29, 0.717) is 12.6 Å². The summed E-state index contributed by atoms with van der Waals surface area (Å²) in [6, 6.07) is 0.366. The molecule has 1 fully saturated rings. The molecule has 16 heavy (non-hydrogen) atoms. The molecule has 0 radical (unpaired) electrons. The molecule has 0 spiro atoms. The molecule has 0 saturated heterocycles. The van der Waals surface area contributed by atoms with Crippen molar-refractivity contribution in [2.75, 3.05) is 19.0 Å². The number of hydrogen-bond donors (Lipinski definition) is 1. The number of hydrogen-bond acceptors (Lipinski definition) is 3. The molecule has 1 saturated carbocycles.